The van der Waals surface area contributed by atoms with Gasteiger partial charge in [0.1, 0.15) is 11.1 Å². The van der Waals surface area contributed by atoms with Crippen LogP contribution in [0.4, 0.5) is 5.69 Å². The van der Waals surface area contributed by atoms with E-state index in [0.717, 1.165) is 6.07 Å². The Hall–Kier alpha value is -2.68. The number of halogens is 1. The fraction of sp³-hybridized carbons (Fsp3) is 0.308. The third kappa shape index (κ3) is 5.22. The summed E-state index contributed by atoms with van der Waals surface area (Å²) in [4.78, 5) is 44.6. The molecule has 10 heteroatoms. The van der Waals surface area contributed by atoms with Crippen molar-refractivity contribution in [2.75, 3.05) is 13.7 Å². The topological polar surface area (TPSA) is 128 Å². The van der Waals surface area contributed by atoms with E-state index in [1.54, 1.807) is 0 Å². The Kier molecular flexibility index (Phi) is 6.46. The molecule has 2 N–H and O–H groups in total. The second-order valence-electron chi connectivity index (χ2n) is 4.40. The van der Waals surface area contributed by atoms with E-state index < -0.39 is 41.0 Å². The molecule has 1 aromatic carbocycles. The van der Waals surface area contributed by atoms with Gasteiger partial charge in [0.2, 0.25) is 0 Å². The van der Waals surface area contributed by atoms with E-state index in [1.807, 2.05) is 0 Å². The van der Waals surface area contributed by atoms with Crippen LogP contribution in [0.1, 0.15) is 17.3 Å². The molecule has 124 valence electrons. The zero-order valence-corrected chi connectivity index (χ0v) is 13.0. The molecule has 0 fully saturated rings. The molecule has 0 saturated carbocycles. The largest absolute Gasteiger partial charge is 0.454 e. The summed E-state index contributed by atoms with van der Waals surface area (Å²) >= 11 is 5.65. The van der Waals surface area contributed by atoms with Gasteiger partial charge in [-0.15, -0.1) is 0 Å². The molecule has 0 aromatic heterocycles. The highest BCUT2D eigenvalue weighted by molar-refractivity contribution is 6.32. The quantitative estimate of drug-likeness (QED) is 0.443. The lowest BCUT2D eigenvalue weighted by atomic mass is 10.1. The first-order valence-electron chi connectivity index (χ1n) is 6.38. The lowest BCUT2D eigenvalue weighted by molar-refractivity contribution is -0.384. The van der Waals surface area contributed by atoms with E-state index in [1.165, 1.54) is 26.1 Å². The summed E-state index contributed by atoms with van der Waals surface area (Å²) in [5.41, 5.74) is -0.457. The van der Waals surface area contributed by atoms with Crippen molar-refractivity contribution in [3.05, 3.63) is 38.9 Å². The van der Waals surface area contributed by atoms with E-state index in [-0.39, 0.29) is 10.6 Å². The number of nitro benzene ring substituents is 1. The van der Waals surface area contributed by atoms with E-state index in [4.69, 9.17) is 11.6 Å². The molecule has 0 aliphatic carbocycles. The van der Waals surface area contributed by atoms with Crippen molar-refractivity contribution < 1.29 is 24.0 Å². The van der Waals surface area contributed by atoms with Crippen LogP contribution in [-0.2, 0) is 14.3 Å². The van der Waals surface area contributed by atoms with Crippen LogP contribution in [-0.4, -0.2) is 42.4 Å². The number of rotatable bonds is 6. The summed E-state index contributed by atoms with van der Waals surface area (Å²) in [6.07, 6.45) is 0. The number of hydrogen-bond donors (Lipinski definition) is 2. The van der Waals surface area contributed by atoms with Gasteiger partial charge in [0, 0.05) is 18.7 Å². The molecule has 9 nitrogen and oxygen atoms in total. The number of likely N-dealkylation sites (N-methyl/N-ethyl adjacent to an activating group) is 1. The molecule has 1 aromatic rings. The van der Waals surface area contributed by atoms with E-state index in [9.17, 15) is 24.5 Å². The average molecular weight is 344 g/mol. The van der Waals surface area contributed by atoms with Crippen molar-refractivity contribution in [2.24, 2.45) is 0 Å². The van der Waals surface area contributed by atoms with E-state index >= 15 is 0 Å². The molecule has 1 rings (SSSR count). The molecular weight excluding hydrogens is 330 g/mol. The number of benzene rings is 1. The van der Waals surface area contributed by atoms with Crippen LogP contribution >= 0.6 is 11.6 Å². The Morgan fingerprint density at radius 3 is 2.61 bits per heavy atom. The summed E-state index contributed by atoms with van der Waals surface area (Å²) < 4.78 is 4.68. The Labute approximate surface area is 136 Å². The maximum absolute atomic E-state index is 12.0. The van der Waals surface area contributed by atoms with E-state index in [0.29, 0.717) is 0 Å². The van der Waals surface area contributed by atoms with Gasteiger partial charge in [-0.25, -0.2) is 4.79 Å². The van der Waals surface area contributed by atoms with Gasteiger partial charge in [-0.3, -0.25) is 19.7 Å². The number of ether oxygens (including phenoxy) is 1. The number of hydrogen-bond acceptors (Lipinski definition) is 6. The highest BCUT2D eigenvalue weighted by atomic mass is 35.5. The first-order valence-corrected chi connectivity index (χ1v) is 6.76. The van der Waals surface area contributed by atoms with Gasteiger partial charge < -0.3 is 15.4 Å². The van der Waals surface area contributed by atoms with Crippen molar-refractivity contribution in [3.63, 3.8) is 0 Å². The van der Waals surface area contributed by atoms with Gasteiger partial charge >= 0.3 is 5.97 Å². The predicted molar refractivity (Wildman–Crippen MR) is 80.1 cm³/mol. The Morgan fingerprint density at radius 2 is 2.04 bits per heavy atom. The highest BCUT2D eigenvalue weighted by Crippen LogP contribution is 2.25. The minimum atomic E-state index is -1.04. The van der Waals surface area contributed by atoms with Gasteiger partial charge in [0.15, 0.2) is 6.61 Å². The smallest absolute Gasteiger partial charge is 0.328 e. The molecule has 0 heterocycles. The number of carbonyl (C=O) groups is 3. The van der Waals surface area contributed by atoms with Crippen LogP contribution in [0.5, 0.6) is 0 Å². The van der Waals surface area contributed by atoms with E-state index in [2.05, 4.69) is 15.4 Å². The highest BCUT2D eigenvalue weighted by Gasteiger charge is 2.21. The zero-order chi connectivity index (χ0) is 17.6. The van der Waals surface area contributed by atoms with Crippen LogP contribution in [0.2, 0.25) is 5.02 Å². The molecule has 0 bridgehead atoms. The van der Waals surface area contributed by atoms with Gasteiger partial charge in [-0.2, -0.15) is 0 Å². The molecular formula is C13H14ClN3O6. The normalized spacial score (nSPS) is 11.3. The molecule has 0 aliphatic rings. The molecule has 0 spiro atoms. The number of carbonyl (C=O) groups excluding carboxylic acids is 3. The molecule has 0 radical (unpaired) electrons. The van der Waals surface area contributed by atoms with Gasteiger partial charge in [-0.1, -0.05) is 11.6 Å². The summed E-state index contributed by atoms with van der Waals surface area (Å²) in [5.74, 6) is -2.02. The van der Waals surface area contributed by atoms with Crippen LogP contribution in [0.3, 0.4) is 0 Å². The molecule has 0 saturated heterocycles. The van der Waals surface area contributed by atoms with Crippen molar-refractivity contribution >= 4 is 35.1 Å². The number of nitrogens with zero attached hydrogens (tertiary/aromatic N) is 1. The average Bonchev–Trinajstić information content (AvgIpc) is 2.51. The third-order valence-electron chi connectivity index (χ3n) is 2.73. The Bertz CT molecular complexity index is 649. The Balaban J connectivity index is 2.72. The standard InChI is InChI=1S/C13H14ClN3O6/c1-7(13(20)23-6-11(18)15-2)16-12(19)8-3-4-9(14)10(5-8)17(21)22/h3-5,7H,6H2,1-2H3,(H,15,18)(H,16,19)/t7-/m0/s1. The summed E-state index contributed by atoms with van der Waals surface area (Å²) in [6, 6.07) is 2.46. The first-order chi connectivity index (χ1) is 10.8. The van der Waals surface area contributed by atoms with Gasteiger partial charge in [0.25, 0.3) is 17.5 Å². The fourth-order valence-corrected chi connectivity index (χ4v) is 1.65. The zero-order valence-electron chi connectivity index (χ0n) is 12.3. The lowest BCUT2D eigenvalue weighted by Gasteiger charge is -2.13. The van der Waals surface area contributed by atoms with Crippen LogP contribution in [0.25, 0.3) is 0 Å². The maximum atomic E-state index is 12.0. The summed E-state index contributed by atoms with van der Waals surface area (Å²) in [7, 11) is 1.38. The van der Waals surface area contributed by atoms with Gasteiger partial charge in [-0.05, 0) is 19.1 Å². The molecule has 2 amide bonds. The second kappa shape index (κ2) is 8.08. The molecule has 23 heavy (non-hydrogen) atoms. The summed E-state index contributed by atoms with van der Waals surface area (Å²) in [6.45, 7) is 0.885. The first kappa shape index (κ1) is 18.4. The minimum absolute atomic E-state index is 0.0351. The number of nitrogens with one attached hydrogen (secondary N) is 2. The predicted octanol–water partition coefficient (Wildman–Crippen LogP) is 0.656. The monoisotopic (exact) mass is 343 g/mol. The molecule has 1 atom stereocenters. The SMILES string of the molecule is CNC(=O)COC(=O)[C@H](C)NC(=O)c1ccc(Cl)c([N+](=O)[O-])c1. The Morgan fingerprint density at radius 1 is 1.39 bits per heavy atom. The number of nitro groups is 1. The van der Waals surface area contributed by atoms with Crippen LogP contribution in [0, 0.1) is 10.1 Å². The second-order valence-corrected chi connectivity index (χ2v) is 4.81. The summed E-state index contributed by atoms with van der Waals surface area (Å²) in [5, 5.41) is 15.3. The van der Waals surface area contributed by atoms with Crippen molar-refractivity contribution in [3.8, 4) is 0 Å². The number of amides is 2. The fourth-order valence-electron chi connectivity index (χ4n) is 1.47. The van der Waals surface area contributed by atoms with Gasteiger partial charge in [0.05, 0.1) is 4.92 Å². The minimum Gasteiger partial charge on any atom is -0.454 e. The van der Waals surface area contributed by atoms with Crippen LogP contribution < -0.4 is 10.6 Å². The van der Waals surface area contributed by atoms with Crippen molar-refractivity contribution in [1.82, 2.24) is 10.6 Å². The van der Waals surface area contributed by atoms with Crippen molar-refractivity contribution in [1.29, 1.82) is 0 Å². The van der Waals surface area contributed by atoms with Crippen molar-refractivity contribution in [2.45, 2.75) is 13.0 Å². The third-order valence-corrected chi connectivity index (χ3v) is 3.05. The lowest BCUT2D eigenvalue weighted by Crippen LogP contribution is -2.40. The number of esters is 1. The molecule has 0 unspecified atom stereocenters. The molecule has 0 aliphatic heterocycles. The van der Waals surface area contributed by atoms with Crippen LogP contribution in [0.15, 0.2) is 18.2 Å². The maximum Gasteiger partial charge on any atom is 0.328 e.